The van der Waals surface area contributed by atoms with Crippen LogP contribution in [0.25, 0.3) is 0 Å². The lowest BCUT2D eigenvalue weighted by Crippen LogP contribution is -2.31. The number of fused-ring (bicyclic) bond motifs is 2. The van der Waals surface area contributed by atoms with Crippen molar-refractivity contribution in [2.45, 2.75) is 31.3 Å². The Kier molecular flexibility index (Phi) is 2.44. The largest absolute Gasteiger partial charge is 0.385 e. The third kappa shape index (κ3) is 1.50. The van der Waals surface area contributed by atoms with Gasteiger partial charge < -0.3 is 10.0 Å². The Morgan fingerprint density at radius 1 is 1.00 bits per heavy atom. The summed E-state index contributed by atoms with van der Waals surface area (Å²) in [5.74, 6) is 0.996. The topological polar surface area (TPSA) is 23.5 Å². The van der Waals surface area contributed by atoms with E-state index in [9.17, 15) is 5.11 Å². The van der Waals surface area contributed by atoms with Gasteiger partial charge in [0.15, 0.2) is 0 Å². The number of hydrogen-bond donors (Lipinski definition) is 1. The fourth-order valence-corrected chi connectivity index (χ4v) is 3.80. The Morgan fingerprint density at radius 2 is 1.47 bits per heavy atom. The van der Waals surface area contributed by atoms with Gasteiger partial charge in [-0.05, 0) is 55.2 Å². The molecule has 0 aromatic heterocycles. The van der Waals surface area contributed by atoms with Crippen LogP contribution >= 0.6 is 0 Å². The first kappa shape index (κ1) is 11.1. The van der Waals surface area contributed by atoms with E-state index in [1.54, 1.807) is 0 Å². The van der Waals surface area contributed by atoms with Gasteiger partial charge in [0.25, 0.3) is 0 Å². The Labute approximate surface area is 103 Å². The summed E-state index contributed by atoms with van der Waals surface area (Å²) in [5, 5.41) is 11.0. The quantitative estimate of drug-likeness (QED) is 0.846. The predicted octanol–water partition coefficient (Wildman–Crippen LogP) is 2.76. The van der Waals surface area contributed by atoms with Crippen molar-refractivity contribution in [2.75, 3.05) is 19.0 Å². The van der Waals surface area contributed by atoms with Crippen molar-refractivity contribution in [3.05, 3.63) is 29.8 Å². The maximum atomic E-state index is 11.0. The number of benzene rings is 1. The van der Waals surface area contributed by atoms with Crippen LogP contribution in [0.3, 0.4) is 0 Å². The molecule has 2 aliphatic rings. The number of hydrogen-bond acceptors (Lipinski definition) is 2. The molecule has 0 unspecified atom stereocenters. The van der Waals surface area contributed by atoms with E-state index < -0.39 is 5.60 Å². The highest BCUT2D eigenvalue weighted by atomic mass is 16.3. The van der Waals surface area contributed by atoms with Gasteiger partial charge >= 0.3 is 0 Å². The molecule has 2 aliphatic carbocycles. The lowest BCUT2D eigenvalue weighted by molar-refractivity contribution is -0.0102. The van der Waals surface area contributed by atoms with Gasteiger partial charge in [-0.3, -0.25) is 0 Å². The summed E-state index contributed by atoms with van der Waals surface area (Å²) in [5.41, 5.74) is 1.81. The highest BCUT2D eigenvalue weighted by Gasteiger charge is 2.54. The minimum Gasteiger partial charge on any atom is -0.385 e. The van der Waals surface area contributed by atoms with Gasteiger partial charge in [-0.15, -0.1) is 0 Å². The van der Waals surface area contributed by atoms with E-state index in [1.165, 1.54) is 31.4 Å². The lowest BCUT2D eigenvalue weighted by atomic mass is 9.84. The van der Waals surface area contributed by atoms with Gasteiger partial charge in [-0.25, -0.2) is 0 Å². The molecule has 0 saturated heterocycles. The van der Waals surface area contributed by atoms with Crippen molar-refractivity contribution in [2.24, 2.45) is 11.8 Å². The molecule has 1 aromatic rings. The van der Waals surface area contributed by atoms with Crippen LogP contribution in [0.15, 0.2) is 24.3 Å². The minimum atomic E-state index is -0.523. The zero-order valence-corrected chi connectivity index (χ0v) is 10.7. The highest BCUT2D eigenvalue weighted by Crippen LogP contribution is 2.57. The predicted molar refractivity (Wildman–Crippen MR) is 70.1 cm³/mol. The first-order chi connectivity index (χ1) is 8.12. The Hall–Kier alpha value is -1.02. The van der Waals surface area contributed by atoms with Crippen molar-refractivity contribution in [3.8, 4) is 0 Å². The molecule has 2 heteroatoms. The second-order valence-electron chi connectivity index (χ2n) is 5.82. The monoisotopic (exact) mass is 231 g/mol. The van der Waals surface area contributed by atoms with Crippen LogP contribution in [0.2, 0.25) is 0 Å². The molecule has 17 heavy (non-hydrogen) atoms. The van der Waals surface area contributed by atoms with E-state index in [0.717, 1.165) is 5.56 Å². The summed E-state index contributed by atoms with van der Waals surface area (Å²) in [7, 11) is 4.09. The maximum absolute atomic E-state index is 11.0. The van der Waals surface area contributed by atoms with Gasteiger partial charge in [0.05, 0.1) is 5.60 Å². The van der Waals surface area contributed by atoms with Crippen LogP contribution < -0.4 is 4.90 Å². The molecule has 1 N–H and O–H groups in total. The standard InChI is InChI=1S/C15H21NO/c1-16(2)14-9-7-13(8-10-14)15(17)11-3-4-12(15)6-5-11/h7-12,17H,3-6H2,1-2H3. The van der Waals surface area contributed by atoms with Crippen LogP contribution in [0.1, 0.15) is 31.2 Å². The van der Waals surface area contributed by atoms with Gasteiger partial charge in [0, 0.05) is 19.8 Å². The van der Waals surface area contributed by atoms with Crippen LogP contribution in [0.5, 0.6) is 0 Å². The molecule has 1 aromatic carbocycles. The molecule has 0 radical (unpaired) electrons. The minimum absolute atomic E-state index is 0.498. The van der Waals surface area contributed by atoms with Crippen molar-refractivity contribution in [1.82, 2.24) is 0 Å². The van der Waals surface area contributed by atoms with Crippen LogP contribution in [0, 0.1) is 11.8 Å². The second-order valence-corrected chi connectivity index (χ2v) is 5.82. The fraction of sp³-hybridized carbons (Fsp3) is 0.600. The zero-order valence-electron chi connectivity index (χ0n) is 10.7. The number of aliphatic hydroxyl groups is 1. The molecular weight excluding hydrogens is 210 g/mol. The molecule has 0 spiro atoms. The third-order valence-corrected chi connectivity index (χ3v) is 4.82. The van der Waals surface area contributed by atoms with Crippen LogP contribution in [0.4, 0.5) is 5.69 Å². The first-order valence-corrected chi connectivity index (χ1v) is 6.62. The maximum Gasteiger partial charge on any atom is 0.0952 e. The lowest BCUT2D eigenvalue weighted by Gasteiger charge is -2.29. The number of nitrogens with zero attached hydrogens (tertiary/aromatic N) is 1. The molecule has 0 atom stereocenters. The van der Waals surface area contributed by atoms with Crippen LogP contribution in [-0.2, 0) is 5.60 Å². The molecule has 2 nitrogen and oxygen atoms in total. The number of rotatable bonds is 2. The Bertz CT molecular complexity index is 389. The Morgan fingerprint density at radius 3 is 1.88 bits per heavy atom. The average Bonchev–Trinajstić information content (AvgIpc) is 2.84. The van der Waals surface area contributed by atoms with E-state index in [1.807, 2.05) is 14.1 Å². The van der Waals surface area contributed by atoms with Crippen LogP contribution in [-0.4, -0.2) is 19.2 Å². The molecule has 92 valence electrons. The van der Waals surface area contributed by atoms with E-state index in [-0.39, 0.29) is 0 Å². The average molecular weight is 231 g/mol. The molecule has 3 rings (SSSR count). The van der Waals surface area contributed by atoms with Crippen molar-refractivity contribution in [1.29, 1.82) is 0 Å². The summed E-state index contributed by atoms with van der Waals surface area (Å²) in [4.78, 5) is 2.09. The van der Waals surface area contributed by atoms with E-state index >= 15 is 0 Å². The summed E-state index contributed by atoms with van der Waals surface area (Å²) in [6.45, 7) is 0. The highest BCUT2D eigenvalue weighted by molar-refractivity contribution is 5.47. The molecule has 0 aliphatic heterocycles. The van der Waals surface area contributed by atoms with E-state index in [4.69, 9.17) is 0 Å². The summed E-state index contributed by atoms with van der Waals surface area (Å²) in [6.07, 6.45) is 4.82. The van der Waals surface area contributed by atoms with Gasteiger partial charge in [-0.1, -0.05) is 12.1 Å². The third-order valence-electron chi connectivity index (χ3n) is 4.82. The second kappa shape index (κ2) is 3.74. The molecule has 0 amide bonds. The van der Waals surface area contributed by atoms with Crippen molar-refractivity contribution >= 4 is 5.69 Å². The molecule has 2 saturated carbocycles. The SMILES string of the molecule is CN(C)c1ccc(C2(O)C3CCC2CC3)cc1. The zero-order chi connectivity index (χ0) is 12.0. The molecule has 0 heterocycles. The fourth-order valence-electron chi connectivity index (χ4n) is 3.80. The van der Waals surface area contributed by atoms with E-state index in [0.29, 0.717) is 11.8 Å². The molecule has 2 bridgehead atoms. The van der Waals surface area contributed by atoms with Gasteiger partial charge in [-0.2, -0.15) is 0 Å². The summed E-state index contributed by atoms with van der Waals surface area (Å²) < 4.78 is 0. The van der Waals surface area contributed by atoms with Crippen molar-refractivity contribution < 1.29 is 5.11 Å². The first-order valence-electron chi connectivity index (χ1n) is 6.62. The smallest absolute Gasteiger partial charge is 0.0952 e. The van der Waals surface area contributed by atoms with Gasteiger partial charge in [0.2, 0.25) is 0 Å². The summed E-state index contributed by atoms with van der Waals surface area (Å²) >= 11 is 0. The molecule has 2 fully saturated rings. The number of anilines is 1. The van der Waals surface area contributed by atoms with E-state index in [2.05, 4.69) is 29.2 Å². The van der Waals surface area contributed by atoms with Gasteiger partial charge in [0.1, 0.15) is 0 Å². The van der Waals surface area contributed by atoms with Crippen molar-refractivity contribution in [3.63, 3.8) is 0 Å². The molecular formula is C15H21NO. The Balaban J connectivity index is 1.94. The normalized spacial score (nSPS) is 35.2. The summed E-state index contributed by atoms with van der Waals surface area (Å²) in [6, 6.07) is 8.47.